The Morgan fingerprint density at radius 3 is 2.29 bits per heavy atom. The van der Waals surface area contributed by atoms with Crippen molar-refractivity contribution in [2.75, 3.05) is 18.0 Å². The molecule has 0 aromatic heterocycles. The molecule has 0 saturated heterocycles. The molecule has 2 aromatic rings. The lowest BCUT2D eigenvalue weighted by molar-refractivity contribution is -0.200. The van der Waals surface area contributed by atoms with E-state index in [1.807, 2.05) is 0 Å². The molecule has 3 nitrogen and oxygen atoms in total. The zero-order chi connectivity index (χ0) is 25.1. The second-order valence-corrected chi connectivity index (χ2v) is 8.53. The molecule has 34 heavy (non-hydrogen) atoms. The fraction of sp³-hybridized carbons (Fsp3) is 0.417. The molecular weight excluding hydrogens is 467 g/mol. The molecule has 1 aliphatic rings. The van der Waals surface area contributed by atoms with Crippen molar-refractivity contribution < 1.29 is 40.6 Å². The van der Waals surface area contributed by atoms with Crippen molar-refractivity contribution in [1.82, 2.24) is 0 Å². The predicted molar refractivity (Wildman–Crippen MR) is 114 cm³/mol. The van der Waals surface area contributed by atoms with Crippen molar-refractivity contribution in [3.05, 3.63) is 66.2 Å². The van der Waals surface area contributed by atoms with Gasteiger partial charge in [0.05, 0.1) is 6.54 Å². The van der Waals surface area contributed by atoms with E-state index in [4.69, 9.17) is 4.74 Å². The Labute approximate surface area is 192 Å². The van der Waals surface area contributed by atoms with Crippen LogP contribution in [-0.4, -0.2) is 42.8 Å². The van der Waals surface area contributed by atoms with Crippen molar-refractivity contribution in [2.24, 2.45) is 5.41 Å². The second-order valence-electron chi connectivity index (χ2n) is 8.53. The number of ether oxygens (including phenoxy) is 1. The zero-order valence-corrected chi connectivity index (χ0v) is 18.2. The minimum Gasteiger partial charge on any atom is -0.457 e. The van der Waals surface area contributed by atoms with Crippen LogP contribution in [-0.2, 0) is 0 Å². The number of anilines is 1. The van der Waals surface area contributed by atoms with Crippen molar-refractivity contribution in [1.29, 1.82) is 0 Å². The molecule has 0 saturated carbocycles. The van der Waals surface area contributed by atoms with Gasteiger partial charge in [-0.15, -0.1) is 0 Å². The molecule has 0 heterocycles. The Morgan fingerprint density at radius 2 is 1.68 bits per heavy atom. The third-order valence-corrected chi connectivity index (χ3v) is 5.72. The molecule has 0 amide bonds. The lowest BCUT2D eigenvalue weighted by atomic mass is 9.75. The minimum absolute atomic E-state index is 0.137. The molecule has 1 N–H and O–H groups in total. The summed E-state index contributed by atoms with van der Waals surface area (Å²) in [4.78, 5) is 1.04. The second kappa shape index (κ2) is 9.85. The van der Waals surface area contributed by atoms with Crippen LogP contribution in [0.2, 0.25) is 0 Å². The Kier molecular flexibility index (Phi) is 7.50. The van der Waals surface area contributed by atoms with Crippen LogP contribution in [0.5, 0.6) is 11.5 Å². The van der Waals surface area contributed by atoms with E-state index in [-0.39, 0.29) is 11.4 Å². The number of hydrogen-bond donors (Lipinski definition) is 1. The van der Waals surface area contributed by atoms with E-state index < -0.39 is 61.5 Å². The van der Waals surface area contributed by atoms with Gasteiger partial charge in [0.25, 0.3) is 0 Å². The normalized spacial score (nSPS) is 22.1. The number of nitrogens with zero attached hydrogens (tertiary/aromatic N) is 1. The monoisotopic (exact) mass is 491 g/mol. The summed E-state index contributed by atoms with van der Waals surface area (Å²) >= 11 is 0. The van der Waals surface area contributed by atoms with Gasteiger partial charge in [-0.3, -0.25) is 0 Å². The van der Waals surface area contributed by atoms with E-state index in [2.05, 4.69) is 0 Å². The van der Waals surface area contributed by atoms with Crippen molar-refractivity contribution in [2.45, 2.75) is 44.4 Å². The number of para-hydroxylation sites is 1. The molecule has 0 radical (unpaired) electrons. The Bertz CT molecular complexity index is 991. The van der Waals surface area contributed by atoms with Crippen LogP contribution in [0, 0.1) is 5.41 Å². The summed E-state index contributed by atoms with van der Waals surface area (Å²) in [6.45, 7) is -0.272. The molecule has 186 valence electrons. The molecule has 3 rings (SSSR count). The van der Waals surface area contributed by atoms with E-state index in [1.165, 1.54) is 25.1 Å². The van der Waals surface area contributed by atoms with Crippen LogP contribution in [0.15, 0.2) is 66.2 Å². The van der Waals surface area contributed by atoms with E-state index in [9.17, 15) is 35.8 Å². The average Bonchev–Trinajstić information content (AvgIpc) is 2.75. The van der Waals surface area contributed by atoms with Crippen LogP contribution in [0.25, 0.3) is 0 Å². The van der Waals surface area contributed by atoms with Gasteiger partial charge in [-0.25, -0.2) is 4.39 Å². The van der Waals surface area contributed by atoms with Gasteiger partial charge in [0.2, 0.25) is 0 Å². The van der Waals surface area contributed by atoms with Crippen LogP contribution >= 0.6 is 0 Å². The Hall–Kier alpha value is -2.75. The summed E-state index contributed by atoms with van der Waals surface area (Å²) in [5.74, 6) is 0.717. The van der Waals surface area contributed by atoms with Crippen molar-refractivity contribution in [3.8, 4) is 11.5 Å². The van der Waals surface area contributed by atoms with E-state index in [0.29, 0.717) is 5.75 Å². The summed E-state index contributed by atoms with van der Waals surface area (Å²) in [7, 11) is 0. The highest BCUT2D eigenvalue weighted by Crippen LogP contribution is 2.43. The lowest BCUT2D eigenvalue weighted by Crippen LogP contribution is -2.48. The van der Waals surface area contributed by atoms with E-state index in [0.717, 1.165) is 11.0 Å². The van der Waals surface area contributed by atoms with Gasteiger partial charge in [-0.2, -0.15) is 26.3 Å². The largest absolute Gasteiger partial charge is 0.457 e. The molecule has 0 spiro atoms. The van der Waals surface area contributed by atoms with Gasteiger partial charge in [0, 0.05) is 29.3 Å². The van der Waals surface area contributed by atoms with Gasteiger partial charge in [-0.1, -0.05) is 37.3 Å². The van der Waals surface area contributed by atoms with Crippen molar-refractivity contribution >= 4 is 5.69 Å². The number of rotatable bonds is 7. The van der Waals surface area contributed by atoms with Crippen LogP contribution < -0.4 is 9.64 Å². The maximum Gasteiger partial charge on any atom is 0.416 e. The minimum atomic E-state index is -4.97. The molecule has 2 aromatic carbocycles. The molecular formula is C24H24F7NO2. The smallest absolute Gasteiger partial charge is 0.416 e. The number of allylic oxidation sites excluding steroid dienone is 1. The average molecular weight is 491 g/mol. The summed E-state index contributed by atoms with van der Waals surface area (Å²) in [5.41, 5.74) is -2.51. The highest BCUT2D eigenvalue weighted by Gasteiger charge is 2.46. The zero-order valence-electron chi connectivity index (χ0n) is 18.2. The first-order valence-electron chi connectivity index (χ1n) is 10.5. The van der Waals surface area contributed by atoms with E-state index in [1.54, 1.807) is 36.4 Å². The standard InChI is InChI=1S/C24H24F7NO2/c1-22(13-16(23(26,27)28)10-11-20(22)25)15-32(14-21(33)24(29,30)31)17-6-5-9-19(12-17)34-18-7-3-2-4-8-18/h2-9,12-13,20-21,33H,10-11,14-15H2,1H3. The lowest BCUT2D eigenvalue weighted by Gasteiger charge is -2.41. The first kappa shape index (κ1) is 25.9. The SMILES string of the molecule is CC1(CN(CC(O)C(F)(F)F)c2cccc(Oc3ccccc3)c2)C=C(C(F)(F)F)CCC1F. The Balaban J connectivity index is 1.95. The molecule has 10 heteroatoms. The number of hydrogen-bond acceptors (Lipinski definition) is 3. The molecule has 0 fully saturated rings. The van der Waals surface area contributed by atoms with Gasteiger partial charge in [0.1, 0.15) is 17.7 Å². The van der Waals surface area contributed by atoms with Crippen molar-refractivity contribution in [3.63, 3.8) is 0 Å². The molecule has 0 aliphatic heterocycles. The number of aliphatic hydroxyl groups excluding tert-OH is 1. The summed E-state index contributed by atoms with van der Waals surface area (Å²) < 4.78 is 99.8. The summed E-state index contributed by atoms with van der Waals surface area (Å²) in [6.07, 6.45) is -14.3. The first-order valence-corrected chi connectivity index (χ1v) is 10.5. The third kappa shape index (κ3) is 6.43. The molecule has 3 unspecified atom stereocenters. The highest BCUT2D eigenvalue weighted by atomic mass is 19.4. The van der Waals surface area contributed by atoms with Gasteiger partial charge in [-0.05, 0) is 37.1 Å². The fourth-order valence-electron chi connectivity index (χ4n) is 3.89. The number of aliphatic hydroxyl groups is 1. The molecule has 1 aliphatic carbocycles. The van der Waals surface area contributed by atoms with Gasteiger partial charge >= 0.3 is 12.4 Å². The van der Waals surface area contributed by atoms with E-state index >= 15 is 0 Å². The molecule has 0 bridgehead atoms. The summed E-state index contributed by atoms with van der Waals surface area (Å²) in [6, 6.07) is 14.4. The predicted octanol–water partition coefficient (Wildman–Crippen LogP) is 6.84. The molecule has 3 atom stereocenters. The van der Waals surface area contributed by atoms with Gasteiger partial charge in [0.15, 0.2) is 6.10 Å². The quantitative estimate of drug-likeness (QED) is 0.340. The topological polar surface area (TPSA) is 32.7 Å². The fourth-order valence-corrected chi connectivity index (χ4v) is 3.89. The number of halogens is 7. The van der Waals surface area contributed by atoms with Crippen LogP contribution in [0.4, 0.5) is 36.4 Å². The number of alkyl halides is 7. The highest BCUT2D eigenvalue weighted by molar-refractivity contribution is 5.52. The third-order valence-electron chi connectivity index (χ3n) is 5.72. The maximum atomic E-state index is 14.9. The maximum absolute atomic E-state index is 14.9. The van der Waals surface area contributed by atoms with Crippen LogP contribution in [0.3, 0.4) is 0 Å². The van der Waals surface area contributed by atoms with Gasteiger partial charge < -0.3 is 14.7 Å². The Morgan fingerprint density at radius 1 is 1.03 bits per heavy atom. The van der Waals surface area contributed by atoms with Crippen LogP contribution in [0.1, 0.15) is 19.8 Å². The summed E-state index contributed by atoms with van der Waals surface area (Å²) in [5, 5.41) is 9.70. The number of benzene rings is 2. The first-order chi connectivity index (χ1) is 15.8.